The molecule has 0 bridgehead atoms. The van der Waals surface area contributed by atoms with E-state index in [1.807, 2.05) is 11.3 Å². The van der Waals surface area contributed by atoms with Crippen molar-refractivity contribution >= 4 is 27.3 Å². The minimum Gasteiger partial charge on any atom is -0.326 e. The molecule has 0 amide bonds. The molecule has 1 saturated heterocycles. The summed E-state index contributed by atoms with van der Waals surface area (Å²) in [5.74, 6) is 0.860. The molecular formula is C15H25BrN2S. The Bertz CT molecular complexity index is 393. The highest BCUT2D eigenvalue weighted by atomic mass is 79.9. The van der Waals surface area contributed by atoms with Gasteiger partial charge >= 0.3 is 0 Å². The molecule has 2 rings (SSSR count). The Labute approximate surface area is 129 Å². The first-order valence-corrected chi connectivity index (χ1v) is 8.97. The molecule has 2 nitrogen and oxygen atoms in total. The summed E-state index contributed by atoms with van der Waals surface area (Å²) in [5.41, 5.74) is 6.42. The maximum atomic E-state index is 6.42. The monoisotopic (exact) mass is 344 g/mol. The standard InChI is InChI=1S/C15H25BrN2S/c1-3-12(17)15(13-6-7-14(16)19-13)18-9-4-5-11(2)8-10-18/h6-7,11-12,15H,3-5,8-10,17H2,1-2H3. The Morgan fingerprint density at radius 1 is 1.42 bits per heavy atom. The van der Waals surface area contributed by atoms with Gasteiger partial charge in [0.15, 0.2) is 0 Å². The number of hydrogen-bond donors (Lipinski definition) is 1. The maximum absolute atomic E-state index is 6.42. The van der Waals surface area contributed by atoms with Crippen molar-refractivity contribution < 1.29 is 0 Å². The third-order valence-corrected chi connectivity index (χ3v) is 5.90. The Kier molecular flexibility index (Phi) is 5.87. The van der Waals surface area contributed by atoms with Gasteiger partial charge in [0.25, 0.3) is 0 Å². The predicted molar refractivity (Wildman–Crippen MR) is 87.6 cm³/mol. The molecule has 2 heterocycles. The average molecular weight is 345 g/mol. The smallest absolute Gasteiger partial charge is 0.0702 e. The van der Waals surface area contributed by atoms with Crippen LogP contribution in [-0.2, 0) is 0 Å². The second-order valence-corrected chi connectivity index (χ2v) is 8.23. The molecule has 2 N–H and O–H groups in total. The molecule has 1 fully saturated rings. The maximum Gasteiger partial charge on any atom is 0.0702 e. The van der Waals surface area contributed by atoms with Gasteiger partial charge in [0.2, 0.25) is 0 Å². The van der Waals surface area contributed by atoms with Crippen LogP contribution in [0.5, 0.6) is 0 Å². The molecule has 19 heavy (non-hydrogen) atoms. The van der Waals surface area contributed by atoms with Gasteiger partial charge in [-0.15, -0.1) is 11.3 Å². The topological polar surface area (TPSA) is 29.3 Å². The van der Waals surface area contributed by atoms with Crippen LogP contribution in [0, 0.1) is 5.92 Å². The number of thiophene rings is 1. The first kappa shape index (κ1) is 15.5. The van der Waals surface area contributed by atoms with Gasteiger partial charge in [0, 0.05) is 10.9 Å². The van der Waals surface area contributed by atoms with Gasteiger partial charge in [-0.05, 0) is 72.8 Å². The van der Waals surface area contributed by atoms with Crippen LogP contribution in [0.1, 0.15) is 50.4 Å². The summed E-state index contributed by atoms with van der Waals surface area (Å²) in [6.07, 6.45) is 5.01. The van der Waals surface area contributed by atoms with Crippen molar-refractivity contribution in [3.63, 3.8) is 0 Å². The second-order valence-electron chi connectivity index (χ2n) is 5.73. The van der Waals surface area contributed by atoms with E-state index in [0.29, 0.717) is 6.04 Å². The van der Waals surface area contributed by atoms with Crippen molar-refractivity contribution in [3.8, 4) is 0 Å². The molecule has 3 atom stereocenters. The van der Waals surface area contributed by atoms with Crippen LogP contribution in [-0.4, -0.2) is 24.0 Å². The van der Waals surface area contributed by atoms with Crippen molar-refractivity contribution in [2.75, 3.05) is 13.1 Å². The van der Waals surface area contributed by atoms with E-state index in [0.717, 1.165) is 12.3 Å². The van der Waals surface area contributed by atoms with Crippen LogP contribution in [0.4, 0.5) is 0 Å². The van der Waals surface area contributed by atoms with Gasteiger partial charge in [-0.2, -0.15) is 0 Å². The van der Waals surface area contributed by atoms with Gasteiger partial charge in [0.05, 0.1) is 9.83 Å². The molecule has 108 valence electrons. The Hall–Kier alpha value is 0.1000. The summed E-state index contributed by atoms with van der Waals surface area (Å²) in [4.78, 5) is 4.03. The van der Waals surface area contributed by atoms with Gasteiger partial charge in [-0.1, -0.05) is 13.8 Å². The number of rotatable bonds is 4. The zero-order valence-corrected chi connectivity index (χ0v) is 14.3. The number of likely N-dealkylation sites (tertiary alicyclic amines) is 1. The summed E-state index contributed by atoms with van der Waals surface area (Å²) in [5, 5.41) is 0. The van der Waals surface area contributed by atoms with Crippen LogP contribution >= 0.6 is 27.3 Å². The fourth-order valence-electron chi connectivity index (χ4n) is 2.94. The van der Waals surface area contributed by atoms with E-state index >= 15 is 0 Å². The normalized spacial score (nSPS) is 24.9. The molecule has 1 aromatic heterocycles. The summed E-state index contributed by atoms with van der Waals surface area (Å²) < 4.78 is 1.21. The van der Waals surface area contributed by atoms with Crippen molar-refractivity contribution in [3.05, 3.63) is 20.8 Å². The number of hydrogen-bond acceptors (Lipinski definition) is 3. The summed E-state index contributed by atoms with van der Waals surface area (Å²) in [7, 11) is 0. The van der Waals surface area contributed by atoms with E-state index in [2.05, 4.69) is 46.8 Å². The largest absolute Gasteiger partial charge is 0.326 e. The summed E-state index contributed by atoms with van der Waals surface area (Å²) in [6.45, 7) is 6.95. The number of nitrogens with zero attached hydrogens (tertiary/aromatic N) is 1. The molecular weight excluding hydrogens is 320 g/mol. The Balaban J connectivity index is 2.17. The molecule has 0 aliphatic carbocycles. The second kappa shape index (κ2) is 7.21. The molecule has 0 radical (unpaired) electrons. The van der Waals surface area contributed by atoms with Gasteiger partial charge < -0.3 is 5.73 Å². The molecule has 1 aliphatic heterocycles. The van der Waals surface area contributed by atoms with Gasteiger partial charge in [0.1, 0.15) is 0 Å². The zero-order valence-electron chi connectivity index (χ0n) is 11.9. The lowest BCUT2D eigenvalue weighted by Gasteiger charge is -2.34. The lowest BCUT2D eigenvalue weighted by molar-refractivity contribution is 0.176. The first-order valence-electron chi connectivity index (χ1n) is 7.36. The SMILES string of the molecule is CCC(N)C(c1ccc(Br)s1)N1CCCC(C)CC1. The Morgan fingerprint density at radius 2 is 2.21 bits per heavy atom. The fraction of sp³-hybridized carbons (Fsp3) is 0.733. The third kappa shape index (κ3) is 4.03. The summed E-state index contributed by atoms with van der Waals surface area (Å²) >= 11 is 5.42. The molecule has 4 heteroatoms. The highest BCUT2D eigenvalue weighted by Crippen LogP contribution is 2.34. The molecule has 3 unspecified atom stereocenters. The lowest BCUT2D eigenvalue weighted by Crippen LogP contribution is -2.41. The highest BCUT2D eigenvalue weighted by Gasteiger charge is 2.28. The van der Waals surface area contributed by atoms with Gasteiger partial charge in [-0.25, -0.2) is 0 Å². The van der Waals surface area contributed by atoms with E-state index in [-0.39, 0.29) is 6.04 Å². The minimum atomic E-state index is 0.235. The van der Waals surface area contributed by atoms with Crippen LogP contribution in [0.2, 0.25) is 0 Å². The Morgan fingerprint density at radius 3 is 2.84 bits per heavy atom. The number of nitrogens with two attached hydrogens (primary N) is 1. The minimum absolute atomic E-state index is 0.235. The van der Waals surface area contributed by atoms with E-state index in [1.54, 1.807) is 0 Å². The van der Waals surface area contributed by atoms with Gasteiger partial charge in [-0.3, -0.25) is 4.90 Å². The number of halogens is 1. The molecule has 1 aliphatic rings. The van der Waals surface area contributed by atoms with E-state index < -0.39 is 0 Å². The van der Waals surface area contributed by atoms with Crippen LogP contribution in [0.25, 0.3) is 0 Å². The van der Waals surface area contributed by atoms with Crippen LogP contribution in [0.15, 0.2) is 15.9 Å². The zero-order chi connectivity index (χ0) is 13.8. The van der Waals surface area contributed by atoms with Crippen molar-refractivity contribution in [1.29, 1.82) is 0 Å². The molecule has 0 aromatic carbocycles. The van der Waals surface area contributed by atoms with Crippen LogP contribution in [0.3, 0.4) is 0 Å². The molecule has 0 spiro atoms. The predicted octanol–water partition coefficient (Wildman–Crippen LogP) is 4.41. The highest BCUT2D eigenvalue weighted by molar-refractivity contribution is 9.11. The quantitative estimate of drug-likeness (QED) is 0.876. The van der Waals surface area contributed by atoms with Crippen LogP contribution < -0.4 is 5.73 Å². The van der Waals surface area contributed by atoms with Crippen molar-refractivity contribution in [2.45, 2.75) is 51.6 Å². The summed E-state index contributed by atoms with van der Waals surface area (Å²) in [6, 6.07) is 5.02. The first-order chi connectivity index (χ1) is 9.11. The average Bonchev–Trinajstić information content (AvgIpc) is 2.69. The molecule has 0 saturated carbocycles. The third-order valence-electron chi connectivity index (χ3n) is 4.21. The van der Waals surface area contributed by atoms with Crippen molar-refractivity contribution in [2.24, 2.45) is 11.7 Å². The van der Waals surface area contributed by atoms with Crippen molar-refractivity contribution in [1.82, 2.24) is 4.90 Å². The lowest BCUT2D eigenvalue weighted by atomic mass is 10.0. The fourth-order valence-corrected chi connectivity index (χ4v) is 4.57. The van der Waals surface area contributed by atoms with E-state index in [1.165, 1.54) is 41.0 Å². The van der Waals surface area contributed by atoms with E-state index in [9.17, 15) is 0 Å². The van der Waals surface area contributed by atoms with E-state index in [4.69, 9.17) is 5.73 Å². The molecule has 1 aromatic rings.